The number of carbonyl (C=O) groups is 1. The van der Waals surface area contributed by atoms with Crippen molar-refractivity contribution in [2.45, 2.75) is 50.7 Å². The van der Waals surface area contributed by atoms with Crippen LogP contribution in [0.15, 0.2) is 71.9 Å². The van der Waals surface area contributed by atoms with Gasteiger partial charge < -0.3 is 10.6 Å². The molecule has 3 aromatic carbocycles. The van der Waals surface area contributed by atoms with Gasteiger partial charge in [-0.05, 0) is 56.5 Å². The van der Waals surface area contributed by atoms with Crippen molar-refractivity contribution in [3.8, 4) is 0 Å². The van der Waals surface area contributed by atoms with Crippen molar-refractivity contribution < 1.29 is 4.79 Å². The predicted molar refractivity (Wildman–Crippen MR) is 151 cm³/mol. The monoisotopic (exact) mass is 531 g/mol. The van der Waals surface area contributed by atoms with Crippen molar-refractivity contribution in [2.24, 2.45) is 5.92 Å². The van der Waals surface area contributed by atoms with Gasteiger partial charge in [0, 0.05) is 22.5 Å². The van der Waals surface area contributed by atoms with E-state index in [9.17, 15) is 4.79 Å². The fraction of sp³-hybridized carbons (Fsp3) is 0.276. The van der Waals surface area contributed by atoms with Crippen LogP contribution in [0.3, 0.4) is 0 Å². The summed E-state index contributed by atoms with van der Waals surface area (Å²) in [5.74, 6) is 0.838. The summed E-state index contributed by atoms with van der Waals surface area (Å²) in [4.78, 5) is 18.6. The van der Waals surface area contributed by atoms with Crippen LogP contribution in [0.25, 0.3) is 0 Å². The van der Waals surface area contributed by atoms with E-state index in [1.165, 1.54) is 11.1 Å². The van der Waals surface area contributed by atoms with Gasteiger partial charge in [-0.1, -0.05) is 89.1 Å². The summed E-state index contributed by atoms with van der Waals surface area (Å²) >= 11 is 8.27. The maximum absolute atomic E-state index is 13.8. The van der Waals surface area contributed by atoms with Crippen molar-refractivity contribution >= 4 is 40.9 Å². The molecule has 3 unspecified atom stereocenters. The average Bonchev–Trinajstić information content (AvgIpc) is 3.26. The first-order chi connectivity index (χ1) is 17.8. The Labute approximate surface area is 226 Å². The van der Waals surface area contributed by atoms with E-state index in [0.717, 1.165) is 28.1 Å². The smallest absolute Gasteiger partial charge is 0.232 e. The van der Waals surface area contributed by atoms with Gasteiger partial charge in [-0.2, -0.15) is 4.98 Å². The molecular formula is C29H30ClN5OS. The highest BCUT2D eigenvalue weighted by Crippen LogP contribution is 2.40. The molecule has 0 saturated carbocycles. The van der Waals surface area contributed by atoms with Crippen molar-refractivity contribution in [1.29, 1.82) is 0 Å². The van der Waals surface area contributed by atoms with Crippen LogP contribution in [0.5, 0.6) is 0 Å². The number of aromatic nitrogens is 3. The number of amides is 1. The minimum absolute atomic E-state index is 0.0908. The van der Waals surface area contributed by atoms with Crippen molar-refractivity contribution in [3.05, 3.63) is 99.6 Å². The largest absolute Gasteiger partial charge is 0.351 e. The highest BCUT2D eigenvalue weighted by molar-refractivity contribution is 7.98. The minimum Gasteiger partial charge on any atom is -0.351 e. The first kappa shape index (κ1) is 25.4. The Morgan fingerprint density at radius 1 is 1.05 bits per heavy atom. The summed E-state index contributed by atoms with van der Waals surface area (Å²) in [6, 6.07) is 21.5. The van der Waals surface area contributed by atoms with Gasteiger partial charge in [-0.3, -0.25) is 4.79 Å². The molecule has 37 heavy (non-hydrogen) atoms. The lowest BCUT2D eigenvalue weighted by Crippen LogP contribution is -2.46. The third-order valence-corrected chi connectivity index (χ3v) is 7.98. The number of nitrogens with zero attached hydrogens (tertiary/aromatic N) is 3. The van der Waals surface area contributed by atoms with Crippen LogP contribution in [0, 0.1) is 26.7 Å². The Kier molecular flexibility index (Phi) is 7.26. The molecular weight excluding hydrogens is 502 g/mol. The number of nitrogens with one attached hydrogen (secondary N) is 2. The molecule has 0 spiro atoms. The number of fused-ring (bicyclic) bond motifs is 1. The number of benzene rings is 3. The number of thioether (sulfide) groups is 1. The second-order valence-corrected chi connectivity index (χ2v) is 11.0. The molecule has 6 nitrogen and oxygen atoms in total. The van der Waals surface area contributed by atoms with Crippen molar-refractivity contribution in [1.82, 2.24) is 14.8 Å². The molecule has 0 radical (unpaired) electrons. The lowest BCUT2D eigenvalue weighted by atomic mass is 9.85. The van der Waals surface area contributed by atoms with Gasteiger partial charge >= 0.3 is 0 Å². The molecule has 2 N–H and O–H groups in total. The van der Waals surface area contributed by atoms with E-state index in [-0.39, 0.29) is 11.9 Å². The van der Waals surface area contributed by atoms with E-state index >= 15 is 0 Å². The Morgan fingerprint density at radius 2 is 1.84 bits per heavy atom. The molecule has 0 fully saturated rings. The molecule has 0 aliphatic carbocycles. The van der Waals surface area contributed by atoms with Crippen LogP contribution in [0.2, 0.25) is 5.02 Å². The fourth-order valence-corrected chi connectivity index (χ4v) is 5.93. The lowest BCUT2D eigenvalue weighted by molar-refractivity contribution is -0.121. The topological polar surface area (TPSA) is 71.8 Å². The van der Waals surface area contributed by atoms with Crippen molar-refractivity contribution in [2.75, 3.05) is 10.6 Å². The molecule has 4 aromatic rings. The highest BCUT2D eigenvalue weighted by Gasteiger charge is 2.42. The summed E-state index contributed by atoms with van der Waals surface area (Å²) in [5.41, 5.74) is 6.27. The predicted octanol–water partition coefficient (Wildman–Crippen LogP) is 6.81. The molecule has 8 heteroatoms. The van der Waals surface area contributed by atoms with Crippen LogP contribution < -0.4 is 10.6 Å². The van der Waals surface area contributed by atoms with Gasteiger partial charge in [0.1, 0.15) is 0 Å². The van der Waals surface area contributed by atoms with E-state index in [2.05, 4.69) is 47.9 Å². The van der Waals surface area contributed by atoms with Crippen LogP contribution in [-0.4, -0.2) is 26.7 Å². The van der Waals surface area contributed by atoms with Crippen LogP contribution in [0.1, 0.15) is 40.8 Å². The summed E-state index contributed by atoms with van der Waals surface area (Å²) in [6.45, 7) is 8.14. The van der Waals surface area contributed by atoms with Gasteiger partial charge in [-0.25, -0.2) is 4.68 Å². The quantitative estimate of drug-likeness (QED) is 0.267. The maximum Gasteiger partial charge on any atom is 0.232 e. The fourth-order valence-electron chi connectivity index (χ4n) is 4.91. The number of rotatable bonds is 6. The Morgan fingerprint density at radius 3 is 2.59 bits per heavy atom. The van der Waals surface area contributed by atoms with Gasteiger partial charge in [0.25, 0.3) is 0 Å². The highest BCUT2D eigenvalue weighted by atomic mass is 35.5. The van der Waals surface area contributed by atoms with Gasteiger partial charge in [0.2, 0.25) is 17.0 Å². The Balaban J connectivity index is 1.49. The molecule has 0 bridgehead atoms. The molecule has 1 aromatic heterocycles. The molecule has 1 amide bonds. The zero-order valence-corrected chi connectivity index (χ0v) is 22.9. The summed E-state index contributed by atoms with van der Waals surface area (Å²) < 4.78 is 1.83. The van der Waals surface area contributed by atoms with E-state index < -0.39 is 12.0 Å². The van der Waals surface area contributed by atoms with Gasteiger partial charge in [-0.15, -0.1) is 5.10 Å². The first-order valence-electron chi connectivity index (χ1n) is 12.3. The van der Waals surface area contributed by atoms with E-state index in [4.69, 9.17) is 21.7 Å². The van der Waals surface area contributed by atoms with Crippen molar-refractivity contribution in [3.63, 3.8) is 0 Å². The Hall–Kier alpha value is -3.29. The summed E-state index contributed by atoms with van der Waals surface area (Å²) in [5, 5.41) is 12.7. The molecule has 1 aliphatic rings. The molecule has 5 rings (SSSR count). The number of anilines is 2. The van der Waals surface area contributed by atoms with Crippen LogP contribution in [-0.2, 0) is 10.5 Å². The number of hydrogen-bond donors (Lipinski definition) is 2. The van der Waals surface area contributed by atoms with E-state index in [1.807, 2.05) is 61.9 Å². The standard InChI is InChI=1S/C29H30ClN5OS/c1-17-8-7-9-21(15-17)16-37-29-33-28-31-20(4)25(27(36)32-24-13-12-18(2)14-19(24)3)26(35(28)34-29)22-10-5-6-11-23(22)30/h5-15,20,25-26H,16H2,1-4H3,(H,32,36)(H,31,33,34). The molecule has 3 atom stereocenters. The average molecular weight is 532 g/mol. The minimum atomic E-state index is -0.468. The number of carbonyl (C=O) groups excluding carboxylic acids is 1. The first-order valence-corrected chi connectivity index (χ1v) is 13.7. The second-order valence-electron chi connectivity index (χ2n) is 9.67. The number of hydrogen-bond acceptors (Lipinski definition) is 5. The third-order valence-electron chi connectivity index (χ3n) is 6.73. The third kappa shape index (κ3) is 5.38. The summed E-state index contributed by atoms with van der Waals surface area (Å²) in [6.07, 6.45) is 0. The van der Waals surface area contributed by atoms with E-state index in [1.54, 1.807) is 11.8 Å². The normalized spacial score (nSPS) is 18.7. The van der Waals surface area contributed by atoms with E-state index in [0.29, 0.717) is 16.1 Å². The SMILES string of the molecule is Cc1cccc(CSc2nc3n(n2)C(c2ccccc2Cl)C(C(=O)Nc2ccc(C)cc2C)C(C)N3)c1. The van der Waals surface area contributed by atoms with Gasteiger partial charge in [0.15, 0.2) is 0 Å². The lowest BCUT2D eigenvalue weighted by Gasteiger charge is -2.37. The zero-order chi connectivity index (χ0) is 26.1. The summed E-state index contributed by atoms with van der Waals surface area (Å²) in [7, 11) is 0. The van der Waals surface area contributed by atoms with Crippen LogP contribution >= 0.6 is 23.4 Å². The number of halogens is 1. The number of aryl methyl sites for hydroxylation is 3. The molecule has 190 valence electrons. The molecule has 1 aliphatic heterocycles. The maximum atomic E-state index is 13.8. The Bertz CT molecular complexity index is 1450. The van der Waals surface area contributed by atoms with Crippen LogP contribution in [0.4, 0.5) is 11.6 Å². The molecule has 2 heterocycles. The van der Waals surface area contributed by atoms with Gasteiger partial charge in [0.05, 0.1) is 12.0 Å². The second kappa shape index (κ2) is 10.6. The molecule has 0 saturated heterocycles. The zero-order valence-electron chi connectivity index (χ0n) is 21.3.